The number of methoxy groups -OCH3 is 1. The molecule has 0 spiro atoms. The van der Waals surface area contributed by atoms with Crippen molar-refractivity contribution in [2.24, 2.45) is 0 Å². The normalized spacial score (nSPS) is 11.4. The molecule has 2 rings (SSSR count). The van der Waals surface area contributed by atoms with Gasteiger partial charge in [0.15, 0.2) is 12.4 Å². The van der Waals surface area contributed by atoms with E-state index in [0.717, 1.165) is 18.1 Å². The zero-order chi connectivity index (χ0) is 20.7. The van der Waals surface area contributed by atoms with Crippen LogP contribution in [0.4, 0.5) is 11.4 Å². The molecule has 2 aromatic rings. The second-order valence-corrected chi connectivity index (χ2v) is 6.16. The lowest BCUT2D eigenvalue weighted by atomic mass is 9.97. The fraction of sp³-hybridized carbons (Fsp3) is 0.300. The predicted molar refractivity (Wildman–Crippen MR) is 104 cm³/mol. The molecule has 0 aliphatic carbocycles. The monoisotopic (exact) mass is 386 g/mol. The standard InChI is InChI=1S/C20H22N2O6/c1-4-13(2)15-7-5-6-8-16(15)21-19(23)12-28-18-10-9-14(20(24)27-3)11-17(18)22(25)26/h5-11,13H,4,12H2,1-3H3,(H,21,23)/t13-/m0/s1. The first-order chi connectivity index (χ1) is 13.4. The largest absolute Gasteiger partial charge is 0.477 e. The lowest BCUT2D eigenvalue weighted by Crippen LogP contribution is -2.21. The van der Waals surface area contributed by atoms with Gasteiger partial charge < -0.3 is 14.8 Å². The molecule has 0 radical (unpaired) electrons. The second-order valence-electron chi connectivity index (χ2n) is 6.16. The van der Waals surface area contributed by atoms with Crippen molar-refractivity contribution >= 4 is 23.3 Å². The van der Waals surface area contributed by atoms with Gasteiger partial charge in [0.25, 0.3) is 5.91 Å². The van der Waals surface area contributed by atoms with Gasteiger partial charge in [0.2, 0.25) is 0 Å². The van der Waals surface area contributed by atoms with Gasteiger partial charge in [-0.15, -0.1) is 0 Å². The van der Waals surface area contributed by atoms with Gasteiger partial charge in [0.05, 0.1) is 17.6 Å². The lowest BCUT2D eigenvalue weighted by Gasteiger charge is -2.15. The van der Waals surface area contributed by atoms with Crippen molar-refractivity contribution in [2.45, 2.75) is 26.2 Å². The Kier molecular flexibility index (Phi) is 7.08. The zero-order valence-corrected chi connectivity index (χ0v) is 15.9. The van der Waals surface area contributed by atoms with Gasteiger partial charge in [-0.05, 0) is 36.1 Å². The molecule has 0 aliphatic rings. The molecular formula is C20H22N2O6. The van der Waals surface area contributed by atoms with Gasteiger partial charge in [-0.2, -0.15) is 0 Å². The quantitative estimate of drug-likeness (QED) is 0.419. The number of rotatable bonds is 8. The van der Waals surface area contributed by atoms with E-state index >= 15 is 0 Å². The molecule has 8 nitrogen and oxygen atoms in total. The van der Waals surface area contributed by atoms with Crippen LogP contribution in [0, 0.1) is 10.1 Å². The van der Waals surface area contributed by atoms with Crippen molar-refractivity contribution in [3.63, 3.8) is 0 Å². The highest BCUT2D eigenvalue weighted by Gasteiger charge is 2.20. The zero-order valence-electron chi connectivity index (χ0n) is 15.9. The number of amides is 1. The Balaban J connectivity index is 2.11. The molecule has 1 N–H and O–H groups in total. The molecular weight excluding hydrogens is 364 g/mol. The molecule has 0 aromatic heterocycles. The van der Waals surface area contributed by atoms with E-state index in [0.29, 0.717) is 5.69 Å². The summed E-state index contributed by atoms with van der Waals surface area (Å²) in [6.07, 6.45) is 0.919. The minimum atomic E-state index is -0.700. The number of carbonyl (C=O) groups excluding carboxylic acids is 2. The number of para-hydroxylation sites is 1. The molecule has 8 heteroatoms. The van der Waals surface area contributed by atoms with E-state index in [1.807, 2.05) is 18.2 Å². The van der Waals surface area contributed by atoms with Gasteiger partial charge in [0.1, 0.15) is 0 Å². The van der Waals surface area contributed by atoms with E-state index in [2.05, 4.69) is 23.9 Å². The summed E-state index contributed by atoms with van der Waals surface area (Å²) in [5, 5.41) is 14.0. The summed E-state index contributed by atoms with van der Waals surface area (Å²) in [4.78, 5) is 34.4. The molecule has 0 unspecified atom stereocenters. The minimum Gasteiger partial charge on any atom is -0.477 e. The fourth-order valence-corrected chi connectivity index (χ4v) is 2.62. The second kappa shape index (κ2) is 9.50. The predicted octanol–water partition coefficient (Wildman–Crippen LogP) is 3.91. The number of hydrogen-bond donors (Lipinski definition) is 1. The third-order valence-corrected chi connectivity index (χ3v) is 4.31. The fourth-order valence-electron chi connectivity index (χ4n) is 2.62. The lowest BCUT2D eigenvalue weighted by molar-refractivity contribution is -0.385. The summed E-state index contributed by atoms with van der Waals surface area (Å²) in [6.45, 7) is 3.71. The maximum Gasteiger partial charge on any atom is 0.338 e. The number of nitrogens with zero attached hydrogens (tertiary/aromatic N) is 1. The maximum absolute atomic E-state index is 12.3. The van der Waals surface area contributed by atoms with Crippen molar-refractivity contribution in [1.29, 1.82) is 0 Å². The van der Waals surface area contributed by atoms with Gasteiger partial charge in [0, 0.05) is 11.8 Å². The average molecular weight is 386 g/mol. The van der Waals surface area contributed by atoms with Crippen molar-refractivity contribution in [2.75, 3.05) is 19.0 Å². The van der Waals surface area contributed by atoms with Crippen LogP contribution >= 0.6 is 0 Å². The highest BCUT2D eigenvalue weighted by Crippen LogP contribution is 2.29. The highest BCUT2D eigenvalue weighted by molar-refractivity contribution is 5.93. The van der Waals surface area contributed by atoms with Crippen LogP contribution in [0.15, 0.2) is 42.5 Å². The van der Waals surface area contributed by atoms with Crippen LogP contribution in [0.2, 0.25) is 0 Å². The minimum absolute atomic E-state index is 0.0217. The Hall–Kier alpha value is -3.42. The van der Waals surface area contributed by atoms with E-state index < -0.39 is 29.1 Å². The molecule has 0 saturated heterocycles. The van der Waals surface area contributed by atoms with Crippen molar-refractivity contribution in [3.05, 3.63) is 63.7 Å². The summed E-state index contributed by atoms with van der Waals surface area (Å²) in [5.41, 5.74) is 1.29. The van der Waals surface area contributed by atoms with Crippen molar-refractivity contribution in [3.8, 4) is 5.75 Å². The molecule has 0 fully saturated rings. The van der Waals surface area contributed by atoms with E-state index in [1.54, 1.807) is 6.07 Å². The summed E-state index contributed by atoms with van der Waals surface area (Å²) in [5.74, 6) is -0.983. The molecule has 0 heterocycles. The Bertz CT molecular complexity index is 881. The molecule has 2 aromatic carbocycles. The Morgan fingerprint density at radius 3 is 2.57 bits per heavy atom. The van der Waals surface area contributed by atoms with Crippen LogP contribution in [-0.4, -0.2) is 30.5 Å². The summed E-state index contributed by atoms with van der Waals surface area (Å²) < 4.78 is 9.87. The number of nitro benzene ring substituents is 1. The Morgan fingerprint density at radius 1 is 1.21 bits per heavy atom. The van der Waals surface area contributed by atoms with Gasteiger partial charge >= 0.3 is 11.7 Å². The van der Waals surface area contributed by atoms with Crippen LogP contribution in [-0.2, 0) is 9.53 Å². The van der Waals surface area contributed by atoms with Crippen LogP contribution in [0.3, 0.4) is 0 Å². The number of nitrogens with one attached hydrogen (secondary N) is 1. The van der Waals surface area contributed by atoms with Gasteiger partial charge in [-0.3, -0.25) is 14.9 Å². The van der Waals surface area contributed by atoms with Crippen LogP contribution in [0.5, 0.6) is 5.75 Å². The molecule has 0 saturated carbocycles. The first-order valence-corrected chi connectivity index (χ1v) is 8.75. The van der Waals surface area contributed by atoms with Crippen LogP contribution < -0.4 is 10.1 Å². The number of nitro groups is 1. The molecule has 1 amide bonds. The average Bonchev–Trinajstić information content (AvgIpc) is 2.71. The number of benzene rings is 2. The summed E-state index contributed by atoms with van der Waals surface area (Å²) >= 11 is 0. The van der Waals surface area contributed by atoms with Crippen LogP contribution in [0.1, 0.15) is 42.1 Å². The Morgan fingerprint density at radius 2 is 1.93 bits per heavy atom. The van der Waals surface area contributed by atoms with E-state index in [4.69, 9.17) is 4.74 Å². The maximum atomic E-state index is 12.3. The highest BCUT2D eigenvalue weighted by atomic mass is 16.6. The topological polar surface area (TPSA) is 108 Å². The van der Waals surface area contributed by atoms with E-state index in [9.17, 15) is 19.7 Å². The van der Waals surface area contributed by atoms with E-state index in [1.165, 1.54) is 19.2 Å². The Labute approximate surface area is 162 Å². The molecule has 28 heavy (non-hydrogen) atoms. The number of anilines is 1. The number of hydrogen-bond acceptors (Lipinski definition) is 6. The molecule has 148 valence electrons. The molecule has 1 atom stereocenters. The van der Waals surface area contributed by atoms with Crippen molar-refractivity contribution < 1.29 is 24.0 Å². The molecule has 0 bridgehead atoms. The van der Waals surface area contributed by atoms with Gasteiger partial charge in [-0.25, -0.2) is 4.79 Å². The van der Waals surface area contributed by atoms with Crippen molar-refractivity contribution in [1.82, 2.24) is 0 Å². The third kappa shape index (κ3) is 5.06. The third-order valence-electron chi connectivity index (χ3n) is 4.31. The first kappa shape index (κ1) is 20.9. The summed E-state index contributed by atoms with van der Waals surface area (Å²) in [7, 11) is 1.18. The smallest absolute Gasteiger partial charge is 0.338 e. The number of carbonyl (C=O) groups is 2. The first-order valence-electron chi connectivity index (χ1n) is 8.75. The van der Waals surface area contributed by atoms with Gasteiger partial charge in [-0.1, -0.05) is 32.0 Å². The number of ether oxygens (including phenoxy) is 2. The molecule has 0 aliphatic heterocycles. The summed E-state index contributed by atoms with van der Waals surface area (Å²) in [6, 6.07) is 11.1. The SMILES string of the molecule is CC[C@H](C)c1ccccc1NC(=O)COc1ccc(C(=O)OC)cc1[N+](=O)[O-]. The number of esters is 1. The van der Waals surface area contributed by atoms with E-state index in [-0.39, 0.29) is 17.2 Å². The van der Waals surface area contributed by atoms with Crippen LogP contribution in [0.25, 0.3) is 0 Å².